The van der Waals surface area contributed by atoms with Crippen LogP contribution in [0.15, 0.2) is 24.3 Å². The molecule has 128 valence electrons. The van der Waals surface area contributed by atoms with Gasteiger partial charge in [-0.2, -0.15) is 5.10 Å². The minimum absolute atomic E-state index is 0.254. The largest absolute Gasteiger partial charge is 0.491 e. The second-order valence-electron chi connectivity index (χ2n) is 6.23. The number of hydrogen-bond donors (Lipinski definition) is 2. The van der Waals surface area contributed by atoms with Crippen LogP contribution in [0.25, 0.3) is 0 Å². The number of anilines is 1. The van der Waals surface area contributed by atoms with E-state index in [9.17, 15) is 4.79 Å². The number of nitrogens with zero attached hydrogens (tertiary/aromatic N) is 2. The lowest BCUT2D eigenvalue weighted by molar-refractivity contribution is 0.102. The van der Waals surface area contributed by atoms with Crippen LogP contribution in [-0.4, -0.2) is 48.3 Å². The molecule has 0 unspecified atom stereocenters. The lowest BCUT2D eigenvalue weighted by Gasteiger charge is -2.12. The Morgan fingerprint density at radius 2 is 2.21 bits per heavy atom. The summed E-state index contributed by atoms with van der Waals surface area (Å²) < 4.78 is 5.63. The molecule has 24 heavy (non-hydrogen) atoms. The van der Waals surface area contributed by atoms with Crippen LogP contribution in [0.2, 0.25) is 5.02 Å². The normalized spacial score (nSPS) is 14.0. The number of aromatic amines is 1. The molecule has 1 fully saturated rings. The summed E-state index contributed by atoms with van der Waals surface area (Å²) in [5, 5.41) is 10.3. The second kappa shape index (κ2) is 7.23. The van der Waals surface area contributed by atoms with E-state index in [0.717, 1.165) is 25.1 Å². The number of carbonyl (C=O) groups excluding carboxylic acids is 1. The Kier molecular flexibility index (Phi) is 5.06. The van der Waals surface area contributed by atoms with Crippen LogP contribution in [0.5, 0.6) is 5.75 Å². The third-order valence-electron chi connectivity index (χ3n) is 3.83. The first-order valence-electron chi connectivity index (χ1n) is 7.96. The Balaban J connectivity index is 1.59. The van der Waals surface area contributed by atoms with Crippen LogP contribution < -0.4 is 10.1 Å². The van der Waals surface area contributed by atoms with Gasteiger partial charge < -0.3 is 15.0 Å². The molecule has 7 heteroatoms. The highest BCUT2D eigenvalue weighted by Crippen LogP contribution is 2.39. The number of aromatic nitrogens is 2. The highest BCUT2D eigenvalue weighted by molar-refractivity contribution is 6.32. The van der Waals surface area contributed by atoms with Gasteiger partial charge >= 0.3 is 0 Å². The molecule has 1 heterocycles. The molecule has 1 aliphatic carbocycles. The lowest BCUT2D eigenvalue weighted by atomic mass is 10.2. The number of halogens is 1. The van der Waals surface area contributed by atoms with Crippen molar-refractivity contribution in [2.75, 3.05) is 32.6 Å². The first-order chi connectivity index (χ1) is 11.5. The fraction of sp³-hybridized carbons (Fsp3) is 0.412. The molecular weight excluding hydrogens is 328 g/mol. The number of nitrogens with one attached hydrogen (secondary N) is 2. The van der Waals surface area contributed by atoms with Gasteiger partial charge in [0.05, 0.1) is 5.02 Å². The molecule has 0 atom stereocenters. The molecule has 1 saturated carbocycles. The Morgan fingerprint density at radius 1 is 1.42 bits per heavy atom. The molecule has 1 aromatic heterocycles. The molecule has 1 aromatic carbocycles. The summed E-state index contributed by atoms with van der Waals surface area (Å²) in [6.07, 6.45) is 2.32. The Hall–Kier alpha value is -2.05. The maximum atomic E-state index is 12.2. The zero-order valence-corrected chi connectivity index (χ0v) is 14.6. The molecule has 0 radical (unpaired) electrons. The topological polar surface area (TPSA) is 70.2 Å². The van der Waals surface area contributed by atoms with E-state index in [1.165, 1.54) is 0 Å². The van der Waals surface area contributed by atoms with Crippen LogP contribution in [0.3, 0.4) is 0 Å². The number of carbonyl (C=O) groups is 1. The predicted molar refractivity (Wildman–Crippen MR) is 94.0 cm³/mol. The molecular formula is C17H21ClN4O2. The summed E-state index contributed by atoms with van der Waals surface area (Å²) in [5.74, 6) is 0.884. The van der Waals surface area contributed by atoms with Crippen molar-refractivity contribution in [3.8, 4) is 5.75 Å². The fourth-order valence-electron chi connectivity index (χ4n) is 2.29. The van der Waals surface area contributed by atoms with Crippen molar-refractivity contribution < 1.29 is 9.53 Å². The monoisotopic (exact) mass is 348 g/mol. The van der Waals surface area contributed by atoms with E-state index in [4.69, 9.17) is 16.3 Å². The number of H-pyrrole nitrogens is 1. The summed E-state index contributed by atoms with van der Waals surface area (Å²) in [6, 6.07) is 7.02. The van der Waals surface area contributed by atoms with E-state index >= 15 is 0 Å². The first kappa shape index (κ1) is 16.8. The number of likely N-dealkylation sites (N-methyl/N-ethyl adjacent to an activating group) is 1. The standard InChI is InChI=1S/C17H21ClN4O2/c1-22(2)7-8-24-16-6-5-12(9-13(16)18)19-17(23)15-10-14(20-21-15)11-3-4-11/h5-6,9-11H,3-4,7-8H2,1-2H3,(H,19,23)(H,20,21). The van der Waals surface area contributed by atoms with Crippen molar-refractivity contribution in [3.05, 3.63) is 40.7 Å². The summed E-state index contributed by atoms with van der Waals surface area (Å²) >= 11 is 6.22. The van der Waals surface area contributed by atoms with Gasteiger partial charge in [-0.05, 0) is 51.2 Å². The lowest BCUT2D eigenvalue weighted by Crippen LogP contribution is -2.19. The van der Waals surface area contributed by atoms with Crippen LogP contribution in [-0.2, 0) is 0 Å². The van der Waals surface area contributed by atoms with Gasteiger partial charge in [0, 0.05) is 23.8 Å². The highest BCUT2D eigenvalue weighted by atomic mass is 35.5. The zero-order chi connectivity index (χ0) is 17.1. The minimum atomic E-state index is -0.254. The van der Waals surface area contributed by atoms with Crippen molar-refractivity contribution in [3.63, 3.8) is 0 Å². The number of ether oxygens (including phenoxy) is 1. The molecule has 1 aliphatic rings. The Bertz CT molecular complexity index is 725. The van der Waals surface area contributed by atoms with Crippen molar-refractivity contribution in [1.82, 2.24) is 15.1 Å². The van der Waals surface area contributed by atoms with Gasteiger partial charge in [0.15, 0.2) is 5.69 Å². The molecule has 2 aromatic rings. The van der Waals surface area contributed by atoms with Crippen molar-refractivity contribution in [2.45, 2.75) is 18.8 Å². The van der Waals surface area contributed by atoms with Gasteiger partial charge in [-0.3, -0.25) is 9.89 Å². The number of benzene rings is 1. The van der Waals surface area contributed by atoms with Gasteiger partial charge in [0.1, 0.15) is 12.4 Å². The van der Waals surface area contributed by atoms with Gasteiger partial charge in [-0.1, -0.05) is 11.6 Å². The summed E-state index contributed by atoms with van der Waals surface area (Å²) in [4.78, 5) is 14.3. The van der Waals surface area contributed by atoms with E-state index in [1.54, 1.807) is 18.2 Å². The van der Waals surface area contributed by atoms with E-state index in [2.05, 4.69) is 15.5 Å². The molecule has 0 saturated heterocycles. The molecule has 2 N–H and O–H groups in total. The Labute approximate surface area is 146 Å². The highest BCUT2D eigenvalue weighted by Gasteiger charge is 2.26. The summed E-state index contributed by atoms with van der Waals surface area (Å²) in [6.45, 7) is 1.35. The van der Waals surface area contributed by atoms with Crippen LogP contribution >= 0.6 is 11.6 Å². The number of rotatable bonds is 7. The first-order valence-corrected chi connectivity index (χ1v) is 8.34. The fourth-order valence-corrected chi connectivity index (χ4v) is 2.52. The molecule has 0 spiro atoms. The van der Waals surface area contributed by atoms with Crippen LogP contribution in [0.1, 0.15) is 34.9 Å². The second-order valence-corrected chi connectivity index (χ2v) is 6.64. The van der Waals surface area contributed by atoms with E-state index in [0.29, 0.717) is 34.7 Å². The Morgan fingerprint density at radius 3 is 2.88 bits per heavy atom. The van der Waals surface area contributed by atoms with Crippen molar-refractivity contribution >= 4 is 23.2 Å². The van der Waals surface area contributed by atoms with Crippen LogP contribution in [0.4, 0.5) is 5.69 Å². The average Bonchev–Trinajstić information content (AvgIpc) is 3.26. The average molecular weight is 349 g/mol. The number of amides is 1. The SMILES string of the molecule is CN(C)CCOc1ccc(NC(=O)c2cc(C3CC3)[nH]n2)cc1Cl. The maximum Gasteiger partial charge on any atom is 0.276 e. The molecule has 3 rings (SSSR count). The van der Waals surface area contributed by atoms with E-state index in [1.807, 2.05) is 25.1 Å². The van der Waals surface area contributed by atoms with Crippen molar-refractivity contribution in [2.24, 2.45) is 0 Å². The smallest absolute Gasteiger partial charge is 0.276 e. The van der Waals surface area contributed by atoms with Gasteiger partial charge in [0.25, 0.3) is 5.91 Å². The third kappa shape index (κ3) is 4.27. The van der Waals surface area contributed by atoms with Crippen molar-refractivity contribution in [1.29, 1.82) is 0 Å². The summed E-state index contributed by atoms with van der Waals surface area (Å²) in [5.41, 5.74) is 2.03. The molecule has 0 bridgehead atoms. The summed E-state index contributed by atoms with van der Waals surface area (Å²) in [7, 11) is 3.96. The number of hydrogen-bond acceptors (Lipinski definition) is 4. The van der Waals surface area contributed by atoms with Gasteiger partial charge in [0.2, 0.25) is 0 Å². The molecule has 1 amide bonds. The van der Waals surface area contributed by atoms with Gasteiger partial charge in [-0.25, -0.2) is 0 Å². The predicted octanol–water partition coefficient (Wildman–Crippen LogP) is 3.13. The quantitative estimate of drug-likeness (QED) is 0.806. The molecule has 0 aliphatic heterocycles. The van der Waals surface area contributed by atoms with Gasteiger partial charge in [-0.15, -0.1) is 0 Å². The van der Waals surface area contributed by atoms with E-state index < -0.39 is 0 Å². The maximum absolute atomic E-state index is 12.2. The minimum Gasteiger partial charge on any atom is -0.491 e. The van der Waals surface area contributed by atoms with E-state index in [-0.39, 0.29) is 5.91 Å². The van der Waals surface area contributed by atoms with Crippen LogP contribution in [0, 0.1) is 0 Å². The molecule has 6 nitrogen and oxygen atoms in total. The zero-order valence-electron chi connectivity index (χ0n) is 13.8. The third-order valence-corrected chi connectivity index (χ3v) is 4.13.